The molecule has 22 heavy (non-hydrogen) atoms. The van der Waals surface area contributed by atoms with Crippen LogP contribution in [0.4, 0.5) is 5.13 Å². The number of hydrogen-bond donors (Lipinski definition) is 1. The quantitative estimate of drug-likeness (QED) is 0.837. The molecule has 1 saturated carbocycles. The third-order valence-electron chi connectivity index (χ3n) is 4.10. The van der Waals surface area contributed by atoms with Gasteiger partial charge in [0.25, 0.3) is 5.91 Å². The van der Waals surface area contributed by atoms with Crippen LogP contribution < -0.4 is 5.32 Å². The molecule has 1 aromatic heterocycles. The third-order valence-corrected chi connectivity index (χ3v) is 4.87. The maximum Gasteiger partial charge on any atom is 0.255 e. The Kier molecular flexibility index (Phi) is 5.10. The van der Waals surface area contributed by atoms with Crippen molar-refractivity contribution in [1.82, 2.24) is 4.98 Å². The van der Waals surface area contributed by atoms with Gasteiger partial charge in [-0.15, -0.1) is 11.3 Å². The number of carbonyl (C=O) groups excluding carboxylic acids is 1. The molecule has 3 rings (SSSR count). The molecule has 0 aromatic carbocycles. The fourth-order valence-electron chi connectivity index (χ4n) is 2.64. The average Bonchev–Trinajstić information content (AvgIpc) is 2.99. The van der Waals surface area contributed by atoms with Crippen LogP contribution in [-0.4, -0.2) is 36.3 Å². The second kappa shape index (κ2) is 7.06. The molecule has 122 valence electrons. The molecule has 1 amide bonds. The van der Waals surface area contributed by atoms with Gasteiger partial charge >= 0.3 is 0 Å². The van der Waals surface area contributed by atoms with Gasteiger partial charge in [0.2, 0.25) is 0 Å². The van der Waals surface area contributed by atoms with Crippen LogP contribution in [0.3, 0.4) is 0 Å². The predicted octanol–water partition coefficient (Wildman–Crippen LogP) is 3.18. The Hall–Kier alpha value is -0.980. The largest absolute Gasteiger partial charge is 0.376 e. The summed E-state index contributed by atoms with van der Waals surface area (Å²) in [7, 11) is 0. The Morgan fingerprint density at radius 2 is 2.32 bits per heavy atom. The lowest BCUT2D eigenvalue weighted by Gasteiger charge is -2.22. The normalized spacial score (nSPS) is 23.0. The van der Waals surface area contributed by atoms with Gasteiger partial charge in [0.1, 0.15) is 6.10 Å². The first-order chi connectivity index (χ1) is 10.6. The number of thiazole rings is 1. The Bertz CT molecular complexity index is 507. The standard InChI is InChI=1S/C16H24N2O3S/c1-10(2)14(21-8-12-4-3-7-20-12)15(19)18-16-17-13(9-22-16)11-5-6-11/h9-12,14H,3-8H2,1-2H3,(H,17,18,19)/t12-,14+/m0/s1. The van der Waals surface area contributed by atoms with E-state index in [1.54, 1.807) is 0 Å². The highest BCUT2D eigenvalue weighted by atomic mass is 32.1. The molecule has 1 aliphatic heterocycles. The van der Waals surface area contributed by atoms with E-state index in [0.717, 1.165) is 25.1 Å². The molecule has 1 aliphatic carbocycles. The van der Waals surface area contributed by atoms with Gasteiger partial charge in [0.15, 0.2) is 5.13 Å². The van der Waals surface area contributed by atoms with Crippen LogP contribution in [-0.2, 0) is 14.3 Å². The summed E-state index contributed by atoms with van der Waals surface area (Å²) in [6, 6.07) is 0. The zero-order valence-electron chi connectivity index (χ0n) is 13.2. The van der Waals surface area contributed by atoms with Crippen molar-refractivity contribution < 1.29 is 14.3 Å². The molecular formula is C16H24N2O3S. The maximum atomic E-state index is 12.4. The number of anilines is 1. The highest BCUT2D eigenvalue weighted by molar-refractivity contribution is 7.13. The zero-order chi connectivity index (χ0) is 15.5. The van der Waals surface area contributed by atoms with Gasteiger partial charge in [0.05, 0.1) is 18.4 Å². The lowest BCUT2D eigenvalue weighted by atomic mass is 10.1. The molecule has 2 heterocycles. The monoisotopic (exact) mass is 324 g/mol. The number of hydrogen-bond acceptors (Lipinski definition) is 5. The van der Waals surface area contributed by atoms with Crippen molar-refractivity contribution in [2.75, 3.05) is 18.5 Å². The minimum atomic E-state index is -0.461. The Labute approximate surface area is 135 Å². The predicted molar refractivity (Wildman–Crippen MR) is 86.3 cm³/mol. The second-order valence-electron chi connectivity index (χ2n) is 6.47. The van der Waals surface area contributed by atoms with E-state index in [2.05, 4.69) is 10.3 Å². The number of carbonyl (C=O) groups is 1. The summed E-state index contributed by atoms with van der Waals surface area (Å²) >= 11 is 1.50. The molecule has 2 fully saturated rings. The highest BCUT2D eigenvalue weighted by Crippen LogP contribution is 2.40. The minimum absolute atomic E-state index is 0.107. The van der Waals surface area contributed by atoms with E-state index in [4.69, 9.17) is 9.47 Å². The van der Waals surface area contributed by atoms with E-state index in [9.17, 15) is 4.79 Å². The van der Waals surface area contributed by atoms with E-state index >= 15 is 0 Å². The van der Waals surface area contributed by atoms with Crippen molar-refractivity contribution in [1.29, 1.82) is 0 Å². The van der Waals surface area contributed by atoms with E-state index in [1.807, 2.05) is 19.2 Å². The molecule has 6 heteroatoms. The van der Waals surface area contributed by atoms with Crippen LogP contribution in [0, 0.1) is 5.92 Å². The van der Waals surface area contributed by atoms with Gasteiger partial charge in [-0.1, -0.05) is 13.8 Å². The first kappa shape index (κ1) is 15.9. The zero-order valence-corrected chi connectivity index (χ0v) is 14.0. The van der Waals surface area contributed by atoms with Crippen LogP contribution >= 0.6 is 11.3 Å². The Morgan fingerprint density at radius 1 is 1.50 bits per heavy atom. The smallest absolute Gasteiger partial charge is 0.255 e. The van der Waals surface area contributed by atoms with Gasteiger partial charge < -0.3 is 9.47 Å². The molecule has 5 nitrogen and oxygen atoms in total. The summed E-state index contributed by atoms with van der Waals surface area (Å²) in [6.45, 7) is 5.28. The second-order valence-corrected chi connectivity index (χ2v) is 7.33. The first-order valence-electron chi connectivity index (χ1n) is 8.13. The molecule has 1 N–H and O–H groups in total. The summed E-state index contributed by atoms with van der Waals surface area (Å²) in [5.74, 6) is 0.618. The Morgan fingerprint density at radius 3 is 2.95 bits per heavy atom. The number of nitrogens with one attached hydrogen (secondary N) is 1. The molecular weight excluding hydrogens is 300 g/mol. The van der Waals surface area contributed by atoms with Gasteiger partial charge in [0, 0.05) is 17.9 Å². The fourth-order valence-corrected chi connectivity index (χ4v) is 3.44. The number of nitrogens with zero attached hydrogens (tertiary/aromatic N) is 1. The number of ether oxygens (including phenoxy) is 2. The van der Waals surface area contributed by atoms with Crippen molar-refractivity contribution in [3.63, 3.8) is 0 Å². The molecule has 0 unspecified atom stereocenters. The maximum absolute atomic E-state index is 12.4. The average molecular weight is 324 g/mol. The van der Waals surface area contributed by atoms with E-state index in [1.165, 1.54) is 24.2 Å². The molecule has 0 radical (unpaired) electrons. The molecule has 2 atom stereocenters. The van der Waals surface area contributed by atoms with Gasteiger partial charge in [-0.3, -0.25) is 10.1 Å². The number of amides is 1. The fraction of sp³-hybridized carbons (Fsp3) is 0.750. The SMILES string of the molecule is CC(C)[C@@H](OC[C@@H]1CCCO1)C(=O)Nc1nc(C2CC2)cs1. The molecule has 1 aromatic rings. The topological polar surface area (TPSA) is 60.5 Å². The van der Waals surface area contributed by atoms with E-state index in [-0.39, 0.29) is 17.9 Å². The summed E-state index contributed by atoms with van der Waals surface area (Å²) in [6.07, 6.45) is 4.21. The summed E-state index contributed by atoms with van der Waals surface area (Å²) < 4.78 is 11.4. The molecule has 2 aliphatic rings. The number of aromatic nitrogens is 1. The summed E-state index contributed by atoms with van der Waals surface area (Å²) in [5.41, 5.74) is 1.11. The lowest BCUT2D eigenvalue weighted by molar-refractivity contribution is -0.132. The van der Waals surface area contributed by atoms with Crippen LogP contribution in [0.2, 0.25) is 0 Å². The Balaban J connectivity index is 1.53. The molecule has 0 spiro atoms. The minimum Gasteiger partial charge on any atom is -0.376 e. The third kappa shape index (κ3) is 4.06. The van der Waals surface area contributed by atoms with Gasteiger partial charge in [-0.05, 0) is 31.6 Å². The first-order valence-corrected chi connectivity index (χ1v) is 9.01. The molecule has 0 bridgehead atoms. The van der Waals surface area contributed by atoms with Crippen LogP contribution in [0.1, 0.15) is 51.1 Å². The van der Waals surface area contributed by atoms with Crippen LogP contribution in [0.5, 0.6) is 0 Å². The van der Waals surface area contributed by atoms with Crippen molar-refractivity contribution in [3.05, 3.63) is 11.1 Å². The highest BCUT2D eigenvalue weighted by Gasteiger charge is 2.28. The number of rotatable bonds is 7. The van der Waals surface area contributed by atoms with Gasteiger partial charge in [-0.2, -0.15) is 0 Å². The van der Waals surface area contributed by atoms with Crippen molar-refractivity contribution in [3.8, 4) is 0 Å². The van der Waals surface area contributed by atoms with E-state index in [0.29, 0.717) is 17.7 Å². The van der Waals surface area contributed by atoms with Crippen molar-refractivity contribution in [2.24, 2.45) is 5.92 Å². The summed E-state index contributed by atoms with van der Waals surface area (Å²) in [4.78, 5) is 16.9. The van der Waals surface area contributed by atoms with Crippen molar-refractivity contribution in [2.45, 2.75) is 57.7 Å². The van der Waals surface area contributed by atoms with E-state index < -0.39 is 6.10 Å². The molecule has 1 saturated heterocycles. The van der Waals surface area contributed by atoms with Crippen molar-refractivity contribution >= 4 is 22.4 Å². The van der Waals surface area contributed by atoms with Crippen LogP contribution in [0.15, 0.2) is 5.38 Å². The lowest BCUT2D eigenvalue weighted by Crippen LogP contribution is -2.36. The van der Waals surface area contributed by atoms with Gasteiger partial charge in [-0.25, -0.2) is 4.98 Å². The van der Waals surface area contributed by atoms with Crippen LogP contribution in [0.25, 0.3) is 0 Å². The summed E-state index contributed by atoms with van der Waals surface area (Å²) in [5, 5.41) is 5.63.